The van der Waals surface area contributed by atoms with E-state index in [1.807, 2.05) is 48.7 Å². The lowest BCUT2D eigenvalue weighted by Gasteiger charge is -2.21. The third kappa shape index (κ3) is 2.77. The molecular weight excluding hydrogens is 384 g/mol. The van der Waals surface area contributed by atoms with E-state index in [1.165, 1.54) is 0 Å². The van der Waals surface area contributed by atoms with Crippen molar-refractivity contribution in [1.29, 1.82) is 0 Å². The molecule has 0 aliphatic carbocycles. The molecule has 1 fully saturated rings. The van der Waals surface area contributed by atoms with Gasteiger partial charge in [0.05, 0.1) is 5.69 Å². The van der Waals surface area contributed by atoms with Crippen molar-refractivity contribution in [3.05, 3.63) is 59.2 Å². The van der Waals surface area contributed by atoms with Crippen LogP contribution < -0.4 is 0 Å². The Balaban J connectivity index is 1.55. The third-order valence-electron chi connectivity index (χ3n) is 5.62. The van der Waals surface area contributed by atoms with Crippen LogP contribution in [-0.2, 0) is 10.4 Å². The first kappa shape index (κ1) is 18.0. The number of pyridine rings is 1. The Morgan fingerprint density at radius 3 is 2.93 bits per heavy atom. The first-order valence-electron chi connectivity index (χ1n) is 9.45. The van der Waals surface area contributed by atoms with Crippen molar-refractivity contribution in [2.24, 2.45) is 0 Å². The van der Waals surface area contributed by atoms with Crippen LogP contribution in [0.4, 0.5) is 0 Å². The van der Waals surface area contributed by atoms with Crippen LogP contribution in [0.15, 0.2) is 48.0 Å². The number of benzene rings is 1. The average molecular weight is 404 g/mol. The summed E-state index contributed by atoms with van der Waals surface area (Å²) in [4.78, 5) is 26.6. The zero-order chi connectivity index (χ0) is 20.2. The Hall–Kier alpha value is -3.03. The maximum absolute atomic E-state index is 12.4. The van der Waals surface area contributed by atoms with E-state index >= 15 is 0 Å². The van der Waals surface area contributed by atoms with Gasteiger partial charge < -0.3 is 15.0 Å². The quantitative estimate of drug-likeness (QED) is 0.545. The lowest BCUT2D eigenvalue weighted by molar-refractivity contribution is -0.143. The number of nitrogens with zero attached hydrogens (tertiary/aromatic N) is 3. The largest absolute Gasteiger partial charge is 0.375 e. The van der Waals surface area contributed by atoms with Gasteiger partial charge in [-0.25, -0.2) is 9.97 Å². The molecule has 0 unspecified atom stereocenters. The van der Waals surface area contributed by atoms with Gasteiger partial charge in [0.1, 0.15) is 10.7 Å². The fourth-order valence-electron chi connectivity index (χ4n) is 4.00. The Labute approximate surface area is 171 Å². The van der Waals surface area contributed by atoms with Crippen molar-refractivity contribution in [3.63, 3.8) is 0 Å². The van der Waals surface area contributed by atoms with Crippen molar-refractivity contribution < 1.29 is 9.90 Å². The van der Waals surface area contributed by atoms with E-state index < -0.39 is 5.60 Å². The number of nitrogens with one attached hydrogen (secondary N) is 1. The molecule has 3 aromatic heterocycles. The second-order valence-corrected chi connectivity index (χ2v) is 8.34. The Bertz CT molecular complexity index is 1240. The molecule has 0 saturated carbocycles. The highest BCUT2D eigenvalue weighted by Crippen LogP contribution is 2.37. The van der Waals surface area contributed by atoms with Gasteiger partial charge in [-0.15, -0.1) is 11.3 Å². The Morgan fingerprint density at radius 2 is 2.14 bits per heavy atom. The van der Waals surface area contributed by atoms with Crippen LogP contribution in [0.1, 0.15) is 17.7 Å². The molecule has 5 rings (SSSR count). The normalized spacial score (nSPS) is 19.4. The van der Waals surface area contributed by atoms with Crippen molar-refractivity contribution in [2.75, 3.05) is 13.6 Å². The first-order valence-corrected chi connectivity index (χ1v) is 10.3. The van der Waals surface area contributed by atoms with Crippen molar-refractivity contribution >= 4 is 28.3 Å². The molecule has 1 saturated heterocycles. The summed E-state index contributed by atoms with van der Waals surface area (Å²) in [6.45, 7) is 2.57. The van der Waals surface area contributed by atoms with Gasteiger partial charge in [0.2, 0.25) is 0 Å². The van der Waals surface area contributed by atoms with Crippen LogP contribution in [0.25, 0.3) is 32.9 Å². The minimum absolute atomic E-state index is 0.254. The fourth-order valence-corrected chi connectivity index (χ4v) is 4.95. The number of hydrogen-bond acceptors (Lipinski definition) is 5. The summed E-state index contributed by atoms with van der Waals surface area (Å²) in [6, 6.07) is 11.5. The molecule has 1 atom stereocenters. The number of fused-ring (bicyclic) bond motifs is 1. The van der Waals surface area contributed by atoms with E-state index in [4.69, 9.17) is 4.98 Å². The van der Waals surface area contributed by atoms with Crippen molar-refractivity contribution in [2.45, 2.75) is 18.9 Å². The number of thiazole rings is 1. The summed E-state index contributed by atoms with van der Waals surface area (Å²) < 4.78 is 0. The van der Waals surface area contributed by atoms with E-state index in [2.05, 4.69) is 9.97 Å². The molecule has 1 amide bonds. The lowest BCUT2D eigenvalue weighted by Crippen LogP contribution is -2.36. The topological polar surface area (TPSA) is 82.1 Å². The maximum Gasteiger partial charge on any atom is 0.258 e. The van der Waals surface area contributed by atoms with Gasteiger partial charge in [-0.2, -0.15) is 0 Å². The molecule has 6 nitrogen and oxygen atoms in total. The van der Waals surface area contributed by atoms with Gasteiger partial charge in [-0.1, -0.05) is 18.2 Å². The highest BCUT2D eigenvalue weighted by atomic mass is 32.1. The predicted octanol–water partition coefficient (Wildman–Crippen LogP) is 3.71. The number of H-pyrrole nitrogens is 1. The zero-order valence-corrected chi connectivity index (χ0v) is 17.0. The van der Waals surface area contributed by atoms with Gasteiger partial charge in [0.25, 0.3) is 5.91 Å². The molecule has 146 valence electrons. The number of aromatic amines is 1. The number of rotatable bonds is 3. The second-order valence-electron chi connectivity index (χ2n) is 7.48. The number of carbonyl (C=O) groups is 1. The second kappa shape index (κ2) is 6.50. The number of hydrogen-bond donors (Lipinski definition) is 2. The molecule has 4 heterocycles. The van der Waals surface area contributed by atoms with Crippen LogP contribution in [0.5, 0.6) is 0 Å². The zero-order valence-electron chi connectivity index (χ0n) is 16.1. The number of amides is 1. The summed E-state index contributed by atoms with van der Waals surface area (Å²) in [5.74, 6) is -0.254. The maximum atomic E-state index is 12.4. The molecule has 1 aliphatic rings. The van der Waals surface area contributed by atoms with Crippen molar-refractivity contribution in [1.82, 2.24) is 19.9 Å². The standard InChI is InChI=1S/C22H20N4O2S/c1-13-18(16-7-4-9-23-19(16)24-13)20-25-17(12-29-20)14-5-3-6-15(11-14)22(28)8-10-26(2)21(22)27/h3-7,9,11-12,28H,8,10H2,1-2H3,(H,23,24)/t22-/m1/s1. The summed E-state index contributed by atoms with van der Waals surface area (Å²) in [5.41, 5.74) is 3.82. The number of aliphatic hydroxyl groups is 1. The third-order valence-corrected chi connectivity index (χ3v) is 6.48. The van der Waals surface area contributed by atoms with Gasteiger partial charge in [0, 0.05) is 53.8 Å². The Morgan fingerprint density at radius 1 is 1.28 bits per heavy atom. The van der Waals surface area contributed by atoms with Gasteiger partial charge in [-0.05, 0) is 30.7 Å². The number of aryl methyl sites for hydroxylation is 1. The number of carbonyl (C=O) groups excluding carboxylic acids is 1. The monoisotopic (exact) mass is 404 g/mol. The molecular formula is C22H20N4O2S. The number of aromatic nitrogens is 3. The summed E-state index contributed by atoms with van der Waals surface area (Å²) >= 11 is 1.57. The Kier molecular flexibility index (Phi) is 4.04. The fraction of sp³-hybridized carbons (Fsp3) is 0.227. The van der Waals surface area contributed by atoms with E-state index in [-0.39, 0.29) is 5.91 Å². The molecule has 0 radical (unpaired) electrons. The molecule has 1 aromatic carbocycles. The van der Waals surface area contributed by atoms with Crippen molar-refractivity contribution in [3.8, 4) is 21.8 Å². The number of likely N-dealkylation sites (N-methyl/N-ethyl adjacent to an activating group) is 1. The summed E-state index contributed by atoms with van der Waals surface area (Å²) in [5, 5.41) is 14.9. The van der Waals surface area contributed by atoms with Crippen LogP contribution in [-0.4, -0.2) is 44.5 Å². The lowest BCUT2D eigenvalue weighted by atomic mass is 9.90. The molecule has 0 spiro atoms. The van der Waals surface area contributed by atoms with Crippen LogP contribution in [0.2, 0.25) is 0 Å². The molecule has 0 bridgehead atoms. The minimum atomic E-state index is -1.46. The molecule has 4 aromatic rings. The highest BCUT2D eigenvalue weighted by molar-refractivity contribution is 7.13. The summed E-state index contributed by atoms with van der Waals surface area (Å²) in [6.07, 6.45) is 2.17. The first-order chi connectivity index (χ1) is 14.0. The number of likely N-dealkylation sites (tertiary alicyclic amines) is 1. The van der Waals surface area contributed by atoms with Crippen LogP contribution in [0, 0.1) is 6.92 Å². The van der Waals surface area contributed by atoms with E-state index in [9.17, 15) is 9.90 Å². The van der Waals surface area contributed by atoms with Crippen LogP contribution >= 0.6 is 11.3 Å². The van der Waals surface area contributed by atoms with E-state index in [0.717, 1.165) is 38.6 Å². The highest BCUT2D eigenvalue weighted by Gasteiger charge is 2.45. The van der Waals surface area contributed by atoms with E-state index in [1.54, 1.807) is 29.5 Å². The minimum Gasteiger partial charge on any atom is -0.375 e. The summed E-state index contributed by atoms with van der Waals surface area (Å²) in [7, 11) is 1.72. The average Bonchev–Trinajstić information content (AvgIpc) is 3.41. The molecule has 29 heavy (non-hydrogen) atoms. The molecule has 7 heteroatoms. The predicted molar refractivity (Wildman–Crippen MR) is 114 cm³/mol. The molecule has 2 N–H and O–H groups in total. The van der Waals surface area contributed by atoms with Gasteiger partial charge in [-0.3, -0.25) is 4.79 Å². The SMILES string of the molecule is Cc1[nH]c2ncccc2c1-c1nc(-c2cccc([C@]3(O)CCN(C)C3=O)c2)cs1. The molecule has 1 aliphatic heterocycles. The van der Waals surface area contributed by atoms with Gasteiger partial charge in [0.15, 0.2) is 5.60 Å². The van der Waals surface area contributed by atoms with Crippen LogP contribution in [0.3, 0.4) is 0 Å². The smallest absolute Gasteiger partial charge is 0.258 e. The van der Waals surface area contributed by atoms with E-state index in [0.29, 0.717) is 18.5 Å². The van der Waals surface area contributed by atoms with Gasteiger partial charge >= 0.3 is 0 Å².